The van der Waals surface area contributed by atoms with Crippen molar-refractivity contribution in [2.24, 2.45) is 16.7 Å². The number of piperidine rings is 2. The minimum atomic E-state index is -1.79. The van der Waals surface area contributed by atoms with Gasteiger partial charge in [0.25, 0.3) is 17.7 Å². The quantitative estimate of drug-likeness (QED) is 0.138. The van der Waals surface area contributed by atoms with Crippen molar-refractivity contribution in [3.05, 3.63) is 97.1 Å². The molecular weight excluding hydrogens is 592 g/mol. The van der Waals surface area contributed by atoms with E-state index in [1.54, 1.807) is 54.6 Å². The third kappa shape index (κ3) is 7.15. The van der Waals surface area contributed by atoms with Crippen molar-refractivity contribution in [1.29, 1.82) is 0 Å². The number of benzene rings is 2. The molecule has 11 heteroatoms. The molecule has 2 aliphatic rings. The Labute approximate surface area is 267 Å². The average molecular weight is 631 g/mol. The van der Waals surface area contributed by atoms with Gasteiger partial charge in [0.2, 0.25) is 5.91 Å². The van der Waals surface area contributed by atoms with Crippen LogP contribution >= 0.6 is 0 Å². The minimum absolute atomic E-state index is 0.000489. The van der Waals surface area contributed by atoms with Gasteiger partial charge in [-0.15, -0.1) is 0 Å². The van der Waals surface area contributed by atoms with Gasteiger partial charge in [-0.25, -0.2) is 0 Å². The molecule has 11 nitrogen and oxygen atoms in total. The number of hydrogen-bond donors (Lipinski definition) is 0. The van der Waals surface area contributed by atoms with Crippen LogP contribution in [-0.2, 0) is 44.9 Å². The van der Waals surface area contributed by atoms with Crippen LogP contribution in [0.15, 0.2) is 86.0 Å². The van der Waals surface area contributed by atoms with Crippen LogP contribution in [-0.4, -0.2) is 65.3 Å². The second kappa shape index (κ2) is 14.9. The highest BCUT2D eigenvalue weighted by Gasteiger charge is 2.56. The lowest BCUT2D eigenvalue weighted by atomic mass is 9.70. The summed E-state index contributed by atoms with van der Waals surface area (Å²) in [6.45, 7) is 8.12. The van der Waals surface area contributed by atoms with Crippen LogP contribution in [0.3, 0.4) is 0 Å². The number of hydrogen-bond acceptors (Lipinski definition) is 9. The first-order chi connectivity index (χ1) is 22.1. The number of carbonyl (C=O) groups is 6. The first-order valence-electron chi connectivity index (χ1n) is 15.1. The highest BCUT2D eigenvalue weighted by molar-refractivity contribution is 6.13. The molecule has 0 N–H and O–H groups in total. The Morgan fingerprint density at radius 2 is 1.50 bits per heavy atom. The number of carbonyl (C=O) groups excluding carboxylic acids is 6. The monoisotopic (exact) mass is 630 g/mol. The number of imide groups is 2. The first-order valence-corrected chi connectivity index (χ1v) is 15.1. The molecule has 2 aromatic carbocycles. The third-order valence-corrected chi connectivity index (χ3v) is 8.40. The summed E-state index contributed by atoms with van der Waals surface area (Å²) < 4.78 is 10.7. The fraction of sp³-hybridized carbons (Fsp3) is 0.371. The van der Waals surface area contributed by atoms with Crippen molar-refractivity contribution in [2.75, 3.05) is 19.8 Å². The maximum Gasteiger partial charge on any atom is 0.322 e. The summed E-state index contributed by atoms with van der Waals surface area (Å²) in [7, 11) is 0. The van der Waals surface area contributed by atoms with Crippen LogP contribution in [0, 0.1) is 16.7 Å². The predicted octanol–water partition coefficient (Wildman–Crippen LogP) is 4.19. The molecule has 2 heterocycles. The molecule has 0 bridgehead atoms. The third-order valence-electron chi connectivity index (χ3n) is 8.40. The van der Waals surface area contributed by atoms with Crippen LogP contribution in [0.4, 0.5) is 0 Å². The van der Waals surface area contributed by atoms with E-state index in [2.05, 4.69) is 13.2 Å². The SMILES string of the molecule is C=CCOC(=O)C1(C)CC(CCC2(C(=O)OCC=C)CCC(=O)N(OCc3ccccc3)C2=O)CN(C(=O)c2ccccc2)C1=O. The molecule has 0 aromatic heterocycles. The van der Waals surface area contributed by atoms with Crippen molar-refractivity contribution < 1.29 is 43.1 Å². The second-order valence-corrected chi connectivity index (χ2v) is 11.6. The van der Waals surface area contributed by atoms with E-state index in [1.165, 1.54) is 19.1 Å². The second-order valence-electron chi connectivity index (χ2n) is 11.6. The molecule has 46 heavy (non-hydrogen) atoms. The molecule has 0 spiro atoms. The van der Waals surface area contributed by atoms with Gasteiger partial charge in [-0.3, -0.25) is 38.5 Å². The molecule has 2 aromatic rings. The molecule has 3 unspecified atom stereocenters. The van der Waals surface area contributed by atoms with Gasteiger partial charge in [0, 0.05) is 18.5 Å². The molecule has 242 valence electrons. The summed E-state index contributed by atoms with van der Waals surface area (Å²) in [4.78, 5) is 87.5. The Kier molecular flexibility index (Phi) is 11.0. The fourth-order valence-electron chi connectivity index (χ4n) is 5.86. The Hall–Kier alpha value is -4.90. The minimum Gasteiger partial charge on any atom is -0.461 e. The van der Waals surface area contributed by atoms with E-state index < -0.39 is 52.3 Å². The molecule has 2 saturated heterocycles. The molecule has 4 rings (SSSR count). The molecule has 3 atom stereocenters. The van der Waals surface area contributed by atoms with Gasteiger partial charge in [0.05, 0.1) is 0 Å². The number of hydroxylamine groups is 2. The smallest absolute Gasteiger partial charge is 0.322 e. The van der Waals surface area contributed by atoms with Crippen LogP contribution in [0.5, 0.6) is 0 Å². The zero-order chi connectivity index (χ0) is 33.3. The normalized spacial score (nSPS) is 23.1. The Bertz CT molecular complexity index is 1490. The lowest BCUT2D eigenvalue weighted by molar-refractivity contribution is -0.216. The van der Waals surface area contributed by atoms with Gasteiger partial charge in [-0.05, 0) is 56.2 Å². The van der Waals surface area contributed by atoms with Crippen LogP contribution in [0.2, 0.25) is 0 Å². The Morgan fingerprint density at radius 3 is 2.13 bits per heavy atom. The van der Waals surface area contributed by atoms with E-state index in [1.807, 2.05) is 6.07 Å². The van der Waals surface area contributed by atoms with Gasteiger partial charge in [-0.1, -0.05) is 73.8 Å². The predicted molar refractivity (Wildman–Crippen MR) is 165 cm³/mol. The molecule has 4 amide bonds. The molecule has 0 aliphatic carbocycles. The number of rotatable bonds is 13. The number of ether oxygens (including phenoxy) is 2. The number of nitrogens with zero attached hydrogens (tertiary/aromatic N) is 2. The Balaban J connectivity index is 1.62. The molecule has 0 radical (unpaired) electrons. The van der Waals surface area contributed by atoms with Gasteiger partial charge >= 0.3 is 11.9 Å². The summed E-state index contributed by atoms with van der Waals surface area (Å²) >= 11 is 0. The summed E-state index contributed by atoms with van der Waals surface area (Å²) in [5.74, 6) is -4.90. The van der Waals surface area contributed by atoms with Crippen molar-refractivity contribution in [3.63, 3.8) is 0 Å². The van der Waals surface area contributed by atoms with Crippen molar-refractivity contribution >= 4 is 35.6 Å². The molecule has 2 aliphatic heterocycles. The van der Waals surface area contributed by atoms with Crippen LogP contribution < -0.4 is 0 Å². The van der Waals surface area contributed by atoms with E-state index in [9.17, 15) is 28.8 Å². The first kappa shape index (κ1) is 34.0. The lowest BCUT2D eigenvalue weighted by Gasteiger charge is -2.42. The topological polar surface area (TPSA) is 137 Å². The molecule has 0 saturated carbocycles. The van der Waals surface area contributed by atoms with Crippen molar-refractivity contribution in [2.45, 2.75) is 45.6 Å². The highest BCUT2D eigenvalue weighted by atomic mass is 16.7. The van der Waals surface area contributed by atoms with Gasteiger partial charge < -0.3 is 9.47 Å². The van der Waals surface area contributed by atoms with Crippen molar-refractivity contribution in [1.82, 2.24) is 9.96 Å². The molecule has 2 fully saturated rings. The van der Waals surface area contributed by atoms with E-state index in [0.29, 0.717) is 10.6 Å². The number of esters is 2. The van der Waals surface area contributed by atoms with Crippen LogP contribution in [0.1, 0.15) is 54.9 Å². The largest absolute Gasteiger partial charge is 0.461 e. The highest BCUT2D eigenvalue weighted by Crippen LogP contribution is 2.43. The van der Waals surface area contributed by atoms with Gasteiger partial charge in [0.15, 0.2) is 0 Å². The maximum atomic E-state index is 14.0. The van der Waals surface area contributed by atoms with E-state index in [0.717, 1.165) is 4.90 Å². The number of likely N-dealkylation sites (tertiary alicyclic amines) is 1. The molecular formula is C35H38N2O9. The van der Waals surface area contributed by atoms with Gasteiger partial charge in [-0.2, -0.15) is 5.06 Å². The van der Waals surface area contributed by atoms with Crippen LogP contribution in [0.25, 0.3) is 0 Å². The zero-order valence-electron chi connectivity index (χ0n) is 25.9. The average Bonchev–Trinajstić information content (AvgIpc) is 3.07. The maximum absolute atomic E-state index is 14.0. The van der Waals surface area contributed by atoms with E-state index in [-0.39, 0.29) is 64.0 Å². The summed E-state index contributed by atoms with van der Waals surface area (Å²) in [5.41, 5.74) is -2.53. The van der Waals surface area contributed by atoms with E-state index in [4.69, 9.17) is 14.3 Å². The lowest BCUT2D eigenvalue weighted by Crippen LogP contribution is -2.57. The standard InChI is InChI=1S/C35H38N2O9/c1-4-20-44-32(42)34(3)22-26(23-36(30(34)40)29(39)27-14-10-7-11-15-27)16-18-35(33(43)45-21-5-2)19-17-28(38)37(31(35)41)46-24-25-12-8-6-9-13-25/h4-15,26H,1-2,16-24H2,3H3. The Morgan fingerprint density at radius 1 is 0.891 bits per heavy atom. The summed E-state index contributed by atoms with van der Waals surface area (Å²) in [6, 6.07) is 17.1. The van der Waals surface area contributed by atoms with Gasteiger partial charge in [0.1, 0.15) is 30.7 Å². The summed E-state index contributed by atoms with van der Waals surface area (Å²) in [6.07, 6.45) is 2.50. The summed E-state index contributed by atoms with van der Waals surface area (Å²) in [5, 5.41) is 0.637. The van der Waals surface area contributed by atoms with E-state index >= 15 is 0 Å². The van der Waals surface area contributed by atoms with Crippen molar-refractivity contribution in [3.8, 4) is 0 Å². The fourth-order valence-corrected chi connectivity index (χ4v) is 5.86. The zero-order valence-corrected chi connectivity index (χ0v) is 25.9. The number of amides is 4.